The third-order valence-electron chi connectivity index (χ3n) is 5.88. The van der Waals surface area contributed by atoms with E-state index in [1.165, 1.54) is 11.2 Å². The van der Waals surface area contributed by atoms with E-state index < -0.39 is 15.9 Å². The quantitative estimate of drug-likeness (QED) is 0.781. The second-order valence-electron chi connectivity index (χ2n) is 7.79. The Morgan fingerprint density at radius 3 is 2.48 bits per heavy atom. The third kappa shape index (κ3) is 2.12. The summed E-state index contributed by atoms with van der Waals surface area (Å²) in [6.45, 7) is 1.72. The first-order valence-corrected chi connectivity index (χ1v) is 9.93. The Balaban J connectivity index is 1.43. The standard InChI is InChI=1S/C14H21N3O5S/c1-23(21,22)9-13-6-14(7-13,8-13)17-5-10-4-15(12(19)20)2-3-16(10)11(17)18/h10H,2-9H2,1H3,(H,19,20). The summed E-state index contributed by atoms with van der Waals surface area (Å²) in [6.07, 6.45) is 2.63. The van der Waals surface area contributed by atoms with Gasteiger partial charge < -0.3 is 19.8 Å². The van der Waals surface area contributed by atoms with E-state index in [1.54, 1.807) is 4.90 Å². The van der Waals surface area contributed by atoms with Gasteiger partial charge in [-0.3, -0.25) is 0 Å². The predicted molar refractivity (Wildman–Crippen MR) is 80.9 cm³/mol. The number of nitrogens with zero attached hydrogens (tertiary/aromatic N) is 3. The minimum Gasteiger partial charge on any atom is -0.465 e. The molecule has 3 amide bonds. The van der Waals surface area contributed by atoms with Crippen LogP contribution < -0.4 is 0 Å². The van der Waals surface area contributed by atoms with Crippen molar-refractivity contribution in [1.29, 1.82) is 0 Å². The lowest BCUT2D eigenvalue weighted by molar-refractivity contribution is -0.185. The van der Waals surface area contributed by atoms with Crippen LogP contribution in [0.3, 0.4) is 0 Å². The number of carbonyl (C=O) groups excluding carboxylic acids is 1. The van der Waals surface area contributed by atoms with Crippen LogP contribution in [0.4, 0.5) is 9.59 Å². The number of sulfone groups is 1. The van der Waals surface area contributed by atoms with Crippen LogP contribution in [0.25, 0.3) is 0 Å². The van der Waals surface area contributed by atoms with Crippen LogP contribution in [-0.4, -0.2) is 90.1 Å². The highest BCUT2D eigenvalue weighted by Gasteiger charge is 2.73. The molecule has 2 aliphatic heterocycles. The number of fused-ring (bicyclic) bond motifs is 1. The maximum Gasteiger partial charge on any atom is 0.407 e. The first-order valence-electron chi connectivity index (χ1n) is 7.87. The van der Waals surface area contributed by atoms with E-state index >= 15 is 0 Å². The first kappa shape index (κ1) is 15.0. The van der Waals surface area contributed by atoms with Gasteiger partial charge in [-0.25, -0.2) is 18.0 Å². The lowest BCUT2D eigenvalue weighted by Crippen LogP contribution is -2.76. The van der Waals surface area contributed by atoms with Gasteiger partial charge in [0.1, 0.15) is 9.84 Å². The molecule has 8 nitrogen and oxygen atoms in total. The summed E-state index contributed by atoms with van der Waals surface area (Å²) in [7, 11) is -2.99. The number of carbonyl (C=O) groups is 2. The van der Waals surface area contributed by atoms with Crippen molar-refractivity contribution in [1.82, 2.24) is 14.7 Å². The number of amides is 3. The summed E-state index contributed by atoms with van der Waals surface area (Å²) in [5.74, 6) is 0.212. The molecule has 1 atom stereocenters. The number of hydrogen-bond donors (Lipinski definition) is 1. The second kappa shape index (κ2) is 4.31. The van der Waals surface area contributed by atoms with Crippen LogP contribution in [0.1, 0.15) is 19.3 Å². The molecule has 1 N–H and O–H groups in total. The van der Waals surface area contributed by atoms with E-state index in [2.05, 4.69) is 0 Å². The largest absolute Gasteiger partial charge is 0.465 e. The lowest BCUT2D eigenvalue weighted by atomic mass is 9.39. The Morgan fingerprint density at radius 1 is 1.26 bits per heavy atom. The Morgan fingerprint density at radius 2 is 1.91 bits per heavy atom. The summed E-state index contributed by atoms with van der Waals surface area (Å²) < 4.78 is 23.0. The summed E-state index contributed by atoms with van der Waals surface area (Å²) >= 11 is 0. The first-order chi connectivity index (χ1) is 10.6. The maximum atomic E-state index is 12.6. The van der Waals surface area contributed by atoms with Crippen molar-refractivity contribution in [2.45, 2.75) is 30.8 Å². The fourth-order valence-electron chi connectivity index (χ4n) is 5.21. The number of rotatable bonds is 3. The number of urea groups is 1. The Kier molecular flexibility index (Phi) is 2.82. The molecule has 128 valence electrons. The molecule has 3 saturated carbocycles. The van der Waals surface area contributed by atoms with Crippen LogP contribution in [0.2, 0.25) is 0 Å². The van der Waals surface area contributed by atoms with E-state index in [9.17, 15) is 18.0 Å². The summed E-state index contributed by atoms with van der Waals surface area (Å²) in [5, 5.41) is 9.11. The van der Waals surface area contributed by atoms with Gasteiger partial charge in [0.15, 0.2) is 0 Å². The lowest BCUT2D eigenvalue weighted by Gasteiger charge is -2.73. The fourth-order valence-corrected chi connectivity index (χ4v) is 6.63. The average Bonchev–Trinajstić information content (AvgIpc) is 2.68. The predicted octanol–water partition coefficient (Wildman–Crippen LogP) is 0.0535. The monoisotopic (exact) mass is 343 g/mol. The number of carboxylic acid groups (broad SMARTS) is 1. The molecule has 0 aromatic heterocycles. The molecular formula is C14H21N3O5S. The maximum absolute atomic E-state index is 12.6. The van der Waals surface area contributed by atoms with Gasteiger partial charge in [0, 0.05) is 38.0 Å². The van der Waals surface area contributed by atoms with Gasteiger partial charge in [0.2, 0.25) is 0 Å². The molecule has 9 heteroatoms. The molecule has 5 fully saturated rings. The molecule has 5 rings (SSSR count). The van der Waals surface area contributed by atoms with Crippen LogP contribution >= 0.6 is 0 Å². The van der Waals surface area contributed by atoms with Crippen molar-refractivity contribution in [2.24, 2.45) is 5.41 Å². The van der Waals surface area contributed by atoms with E-state index in [1.807, 2.05) is 4.90 Å². The van der Waals surface area contributed by atoms with E-state index in [4.69, 9.17) is 5.11 Å². The summed E-state index contributed by atoms with van der Waals surface area (Å²) in [6, 6.07) is -0.0834. The van der Waals surface area contributed by atoms with Crippen molar-refractivity contribution in [3.05, 3.63) is 0 Å². The summed E-state index contributed by atoms with van der Waals surface area (Å²) in [4.78, 5) is 28.8. The van der Waals surface area contributed by atoms with E-state index in [0.717, 1.165) is 19.3 Å². The van der Waals surface area contributed by atoms with Crippen LogP contribution in [0.5, 0.6) is 0 Å². The molecule has 3 aliphatic carbocycles. The van der Waals surface area contributed by atoms with Crippen molar-refractivity contribution in [3.8, 4) is 0 Å². The van der Waals surface area contributed by atoms with Gasteiger partial charge in [-0.1, -0.05) is 0 Å². The van der Waals surface area contributed by atoms with E-state index in [0.29, 0.717) is 26.2 Å². The minimum atomic E-state index is -2.99. The molecular weight excluding hydrogens is 322 g/mol. The van der Waals surface area contributed by atoms with E-state index in [-0.39, 0.29) is 28.8 Å². The molecule has 2 heterocycles. The smallest absolute Gasteiger partial charge is 0.407 e. The molecule has 0 aromatic carbocycles. The van der Waals surface area contributed by atoms with Gasteiger partial charge in [-0.15, -0.1) is 0 Å². The van der Waals surface area contributed by atoms with Crippen molar-refractivity contribution < 1.29 is 23.1 Å². The molecule has 23 heavy (non-hydrogen) atoms. The Bertz CT molecular complexity index is 671. The van der Waals surface area contributed by atoms with Gasteiger partial charge in [0.05, 0.1) is 11.8 Å². The zero-order valence-corrected chi connectivity index (χ0v) is 13.9. The highest BCUT2D eigenvalue weighted by Crippen LogP contribution is 2.70. The molecule has 0 radical (unpaired) electrons. The molecule has 5 aliphatic rings. The van der Waals surface area contributed by atoms with Gasteiger partial charge in [-0.05, 0) is 24.7 Å². The van der Waals surface area contributed by atoms with Gasteiger partial charge in [0.25, 0.3) is 0 Å². The molecule has 2 saturated heterocycles. The fraction of sp³-hybridized carbons (Fsp3) is 0.857. The average molecular weight is 343 g/mol. The normalized spacial score (nSPS) is 38.9. The molecule has 0 spiro atoms. The van der Waals surface area contributed by atoms with Crippen molar-refractivity contribution in [3.63, 3.8) is 0 Å². The highest BCUT2D eigenvalue weighted by atomic mass is 32.2. The van der Waals surface area contributed by atoms with Crippen molar-refractivity contribution in [2.75, 3.05) is 38.2 Å². The molecule has 2 bridgehead atoms. The van der Waals surface area contributed by atoms with Gasteiger partial charge in [-0.2, -0.15) is 0 Å². The topological polar surface area (TPSA) is 98.2 Å². The van der Waals surface area contributed by atoms with Crippen LogP contribution in [0.15, 0.2) is 0 Å². The Labute approximate surface area is 134 Å². The number of piperazine rings is 1. The van der Waals surface area contributed by atoms with Crippen molar-refractivity contribution >= 4 is 22.0 Å². The zero-order valence-electron chi connectivity index (χ0n) is 13.1. The zero-order chi connectivity index (χ0) is 16.6. The van der Waals surface area contributed by atoms with Gasteiger partial charge >= 0.3 is 12.1 Å². The third-order valence-corrected chi connectivity index (χ3v) is 7.01. The molecule has 1 unspecified atom stereocenters. The van der Waals surface area contributed by atoms with Crippen LogP contribution in [0, 0.1) is 5.41 Å². The number of hydrogen-bond acceptors (Lipinski definition) is 4. The second-order valence-corrected chi connectivity index (χ2v) is 9.93. The SMILES string of the molecule is CS(=O)(=O)CC12CC(N3CC4CN(C(=O)O)CCN4C3=O)(C1)C2. The minimum absolute atomic E-state index is 0.00676. The molecule has 0 aromatic rings. The van der Waals surface area contributed by atoms with Crippen LogP contribution in [-0.2, 0) is 9.84 Å². The summed E-state index contributed by atoms with van der Waals surface area (Å²) in [5.41, 5.74) is -0.294. The highest BCUT2D eigenvalue weighted by molar-refractivity contribution is 7.90. The Hall–Kier alpha value is -1.51.